The number of rotatable bonds is 5. The van der Waals surface area contributed by atoms with Crippen molar-refractivity contribution in [3.8, 4) is 0 Å². The van der Waals surface area contributed by atoms with Crippen LogP contribution in [0.25, 0.3) is 0 Å². The van der Waals surface area contributed by atoms with Crippen LogP contribution >= 0.6 is 0 Å². The Labute approximate surface area is 76.9 Å². The Bertz CT molecular complexity index is 261. The minimum Gasteiger partial charge on any atom is -0.464 e. The van der Waals surface area contributed by atoms with Gasteiger partial charge in [-0.2, -0.15) is 13.1 Å². The Morgan fingerprint density at radius 3 is 2.38 bits per heavy atom. The summed E-state index contributed by atoms with van der Waals surface area (Å²) in [7, 11) is -0.349. The third-order valence-corrected chi connectivity index (χ3v) is 2.10. The van der Waals surface area contributed by atoms with Crippen LogP contribution in [0.2, 0.25) is 0 Å². The summed E-state index contributed by atoms with van der Waals surface area (Å²) >= 11 is 0. The lowest BCUT2D eigenvalue weighted by atomic mass is 10.6. The summed E-state index contributed by atoms with van der Waals surface area (Å²) in [4.78, 5) is 11.7. The second-order valence-electron chi connectivity index (χ2n) is 2.61. The highest BCUT2D eigenvalue weighted by atomic mass is 32.2. The Hall–Kier alpha value is -0.860. The van der Waals surface area contributed by atoms with Crippen LogP contribution in [0.5, 0.6) is 0 Å². The molecule has 8 heteroatoms. The van der Waals surface area contributed by atoms with Gasteiger partial charge in [0.15, 0.2) is 0 Å². The average Bonchev–Trinajstić information content (AvgIpc) is 1.81. The van der Waals surface area contributed by atoms with Gasteiger partial charge >= 0.3 is 16.3 Å². The number of likely N-dealkylation sites (N-methyl/N-ethyl adjacent to an activating group) is 1. The molecule has 13 heavy (non-hydrogen) atoms. The van der Waals surface area contributed by atoms with Crippen molar-refractivity contribution in [3.05, 3.63) is 0 Å². The van der Waals surface area contributed by atoms with Crippen LogP contribution in [0, 0.1) is 0 Å². The second kappa shape index (κ2) is 5.00. The lowest BCUT2D eigenvalue weighted by Gasteiger charge is -2.10. The highest BCUT2D eigenvalue weighted by Gasteiger charge is 2.11. The fraction of sp³-hybridized carbons (Fsp3) is 0.800. The van der Waals surface area contributed by atoms with Crippen LogP contribution in [0.15, 0.2) is 0 Å². The predicted molar refractivity (Wildman–Crippen MR) is 46.6 cm³/mol. The van der Waals surface area contributed by atoms with Crippen LogP contribution in [-0.4, -0.2) is 51.7 Å². The molecule has 0 aromatic heterocycles. The molecule has 0 fully saturated rings. The summed E-state index contributed by atoms with van der Waals surface area (Å²) in [6.45, 7) is 0.663. The lowest BCUT2D eigenvalue weighted by Crippen LogP contribution is -2.41. The molecule has 0 bridgehead atoms. The molecule has 0 aromatic rings. The third kappa shape index (κ3) is 7.50. The van der Waals surface area contributed by atoms with Gasteiger partial charge in [0.05, 0.1) is 0 Å². The van der Waals surface area contributed by atoms with Gasteiger partial charge in [-0.15, -0.1) is 0 Å². The van der Waals surface area contributed by atoms with Gasteiger partial charge in [-0.3, -0.25) is 0 Å². The van der Waals surface area contributed by atoms with E-state index in [-0.39, 0.29) is 6.54 Å². The molecule has 0 heterocycles. The number of hydrogen-bond acceptors (Lipinski definition) is 4. The Balaban J connectivity index is 3.84. The summed E-state index contributed by atoms with van der Waals surface area (Å²) in [5, 5.41) is 8.12. The maximum Gasteiger partial charge on any atom is 0.419 e. The molecular weight excluding hydrogens is 198 g/mol. The van der Waals surface area contributed by atoms with Crippen LogP contribution in [0.3, 0.4) is 0 Å². The van der Waals surface area contributed by atoms with E-state index in [0.717, 1.165) is 0 Å². The number of carbonyl (C=O) groups is 1. The van der Waals surface area contributed by atoms with Crippen LogP contribution < -0.4 is 9.44 Å². The molecule has 0 atom stereocenters. The van der Waals surface area contributed by atoms with Crippen molar-refractivity contribution in [2.45, 2.75) is 0 Å². The van der Waals surface area contributed by atoms with Gasteiger partial charge in [0, 0.05) is 13.1 Å². The molecule has 0 rings (SSSR count). The molecule has 0 aliphatic carbocycles. The van der Waals surface area contributed by atoms with Crippen molar-refractivity contribution >= 4 is 16.3 Å². The molecule has 0 aromatic carbocycles. The van der Waals surface area contributed by atoms with Gasteiger partial charge in [-0.1, -0.05) is 0 Å². The standard InChI is InChI=1S/C5H13N3O4S/c1-8(2)4-3-6-13(11,12)7-5(9)10/h6-7H,3-4H2,1-2H3,(H,9,10). The molecule has 0 unspecified atom stereocenters. The SMILES string of the molecule is CN(C)CCNS(=O)(=O)NC(=O)O. The topological polar surface area (TPSA) is 98.7 Å². The minimum atomic E-state index is -3.90. The van der Waals surface area contributed by atoms with Crippen molar-refractivity contribution in [1.29, 1.82) is 0 Å². The van der Waals surface area contributed by atoms with E-state index >= 15 is 0 Å². The van der Waals surface area contributed by atoms with Gasteiger partial charge in [0.2, 0.25) is 0 Å². The Kier molecular flexibility index (Phi) is 4.67. The van der Waals surface area contributed by atoms with Gasteiger partial charge in [0.25, 0.3) is 0 Å². The molecule has 0 aliphatic rings. The monoisotopic (exact) mass is 211 g/mol. The Morgan fingerprint density at radius 1 is 1.46 bits per heavy atom. The average molecular weight is 211 g/mol. The maximum atomic E-state index is 10.8. The molecule has 7 nitrogen and oxygen atoms in total. The molecule has 0 radical (unpaired) electrons. The van der Waals surface area contributed by atoms with E-state index in [4.69, 9.17) is 5.11 Å². The van der Waals surface area contributed by atoms with Crippen molar-refractivity contribution in [2.24, 2.45) is 0 Å². The molecule has 3 N–H and O–H groups in total. The zero-order valence-electron chi connectivity index (χ0n) is 7.44. The zero-order valence-corrected chi connectivity index (χ0v) is 8.26. The smallest absolute Gasteiger partial charge is 0.419 e. The van der Waals surface area contributed by atoms with E-state index in [1.165, 1.54) is 4.72 Å². The summed E-state index contributed by atoms with van der Waals surface area (Å²) in [5.74, 6) is 0. The first-order chi connectivity index (χ1) is 5.83. The van der Waals surface area contributed by atoms with Crippen molar-refractivity contribution < 1.29 is 18.3 Å². The molecule has 0 saturated carbocycles. The predicted octanol–water partition coefficient (Wildman–Crippen LogP) is -1.35. The number of carboxylic acid groups (broad SMARTS) is 1. The lowest BCUT2D eigenvalue weighted by molar-refractivity contribution is 0.201. The number of nitrogens with one attached hydrogen (secondary N) is 2. The van der Waals surface area contributed by atoms with E-state index < -0.39 is 16.3 Å². The molecule has 0 spiro atoms. The molecule has 1 amide bonds. The number of hydrogen-bond donors (Lipinski definition) is 3. The van der Waals surface area contributed by atoms with Crippen molar-refractivity contribution in [3.63, 3.8) is 0 Å². The quantitative estimate of drug-likeness (QED) is 0.522. The highest BCUT2D eigenvalue weighted by molar-refractivity contribution is 7.88. The minimum absolute atomic E-state index is 0.162. The first-order valence-corrected chi connectivity index (χ1v) is 4.97. The van der Waals surface area contributed by atoms with Crippen LogP contribution in [0.1, 0.15) is 0 Å². The second-order valence-corrected chi connectivity index (χ2v) is 4.11. The van der Waals surface area contributed by atoms with Gasteiger partial charge in [0.1, 0.15) is 0 Å². The normalized spacial score (nSPS) is 11.6. The van der Waals surface area contributed by atoms with Gasteiger partial charge < -0.3 is 10.0 Å². The van der Waals surface area contributed by atoms with E-state index in [2.05, 4.69) is 4.72 Å². The molecule has 78 valence electrons. The van der Waals surface area contributed by atoms with Crippen molar-refractivity contribution in [1.82, 2.24) is 14.3 Å². The summed E-state index contributed by atoms with van der Waals surface area (Å²) in [6.07, 6.45) is -1.60. The van der Waals surface area contributed by atoms with Crippen LogP contribution in [-0.2, 0) is 10.2 Å². The van der Waals surface area contributed by atoms with E-state index in [1.54, 1.807) is 19.0 Å². The van der Waals surface area contributed by atoms with E-state index in [0.29, 0.717) is 6.54 Å². The fourth-order valence-electron chi connectivity index (χ4n) is 0.555. The summed E-state index contributed by atoms with van der Waals surface area (Å²) < 4.78 is 25.0. The third-order valence-electron chi connectivity index (χ3n) is 1.07. The number of nitrogens with zero attached hydrogens (tertiary/aromatic N) is 1. The maximum absolute atomic E-state index is 10.8. The largest absolute Gasteiger partial charge is 0.464 e. The van der Waals surface area contributed by atoms with E-state index in [9.17, 15) is 13.2 Å². The molecular formula is C5H13N3O4S. The van der Waals surface area contributed by atoms with Crippen LogP contribution in [0.4, 0.5) is 4.79 Å². The molecule has 0 aliphatic heterocycles. The zero-order chi connectivity index (χ0) is 10.5. The van der Waals surface area contributed by atoms with Crippen molar-refractivity contribution in [2.75, 3.05) is 27.2 Å². The van der Waals surface area contributed by atoms with Gasteiger partial charge in [-0.25, -0.2) is 9.52 Å². The summed E-state index contributed by atoms with van der Waals surface area (Å²) in [5.41, 5.74) is 0. The first-order valence-electron chi connectivity index (χ1n) is 3.48. The number of amides is 1. The summed E-state index contributed by atoms with van der Waals surface area (Å²) in [6, 6.07) is 0. The van der Waals surface area contributed by atoms with Gasteiger partial charge in [-0.05, 0) is 14.1 Å². The first kappa shape index (κ1) is 12.1. The Morgan fingerprint density at radius 2 is 2.00 bits per heavy atom. The highest BCUT2D eigenvalue weighted by Crippen LogP contribution is 1.77. The fourth-order valence-corrected chi connectivity index (χ4v) is 1.22. The van der Waals surface area contributed by atoms with E-state index in [1.807, 2.05) is 0 Å². The molecule has 0 saturated heterocycles.